The molecule has 0 amide bonds. The summed E-state index contributed by atoms with van der Waals surface area (Å²) in [6.07, 6.45) is 2.09. The molecular weight excluding hydrogens is 244 g/mol. The quantitative estimate of drug-likeness (QED) is 0.463. The Hall–Kier alpha value is -2.13. The first-order valence-corrected chi connectivity index (χ1v) is 6.11. The molecule has 0 atom stereocenters. The minimum absolute atomic E-state index is 0.0864. The average Bonchev–Trinajstić information content (AvgIpc) is 2.37. The highest BCUT2D eigenvalue weighted by atomic mass is 16.6. The minimum atomic E-state index is -0.542. The van der Waals surface area contributed by atoms with Crippen molar-refractivity contribution in [1.82, 2.24) is 4.90 Å². The third-order valence-electron chi connectivity index (χ3n) is 2.67. The molecule has 0 radical (unpaired) electrons. The van der Waals surface area contributed by atoms with E-state index in [0.717, 1.165) is 31.6 Å². The number of nitrogens with zero attached hydrogens (tertiary/aromatic N) is 3. The number of unbranched alkanes of at least 4 members (excludes halogenated alkanes) is 1. The molecule has 0 aliphatic heterocycles. The Labute approximate surface area is 112 Å². The predicted molar refractivity (Wildman–Crippen MR) is 74.1 cm³/mol. The maximum Gasteiger partial charge on any atom is 0.287 e. The van der Waals surface area contributed by atoms with Crippen LogP contribution in [0, 0.1) is 21.4 Å². The molecule has 0 heterocycles. The van der Waals surface area contributed by atoms with Crippen molar-refractivity contribution in [2.75, 3.05) is 32.5 Å². The fourth-order valence-electron chi connectivity index (χ4n) is 1.68. The molecular formula is C13H18N4O2. The second-order valence-corrected chi connectivity index (χ2v) is 4.54. The standard InChI is InChI=1S/C13H18N4O2/c1-16(2)8-4-3-7-15-12-5-6-13(17(18)19)11(9-12)10-14/h5-6,9,15H,3-4,7-8H2,1-2H3. The highest BCUT2D eigenvalue weighted by Gasteiger charge is 2.13. The molecule has 1 aromatic rings. The highest BCUT2D eigenvalue weighted by Crippen LogP contribution is 2.21. The van der Waals surface area contributed by atoms with E-state index in [2.05, 4.69) is 10.2 Å². The van der Waals surface area contributed by atoms with E-state index < -0.39 is 4.92 Å². The van der Waals surface area contributed by atoms with E-state index in [1.165, 1.54) is 12.1 Å². The second kappa shape index (κ2) is 7.34. The number of benzene rings is 1. The van der Waals surface area contributed by atoms with Crippen LogP contribution in [0.2, 0.25) is 0 Å². The number of nitrogens with one attached hydrogen (secondary N) is 1. The highest BCUT2D eigenvalue weighted by molar-refractivity contribution is 5.58. The maximum absolute atomic E-state index is 10.7. The van der Waals surface area contributed by atoms with Crippen LogP contribution in [0.1, 0.15) is 18.4 Å². The first-order valence-electron chi connectivity index (χ1n) is 6.11. The maximum atomic E-state index is 10.7. The van der Waals surface area contributed by atoms with Crippen LogP contribution in [0.5, 0.6) is 0 Å². The number of anilines is 1. The molecule has 102 valence electrons. The topological polar surface area (TPSA) is 82.2 Å². The molecule has 0 unspecified atom stereocenters. The van der Waals surface area contributed by atoms with E-state index in [-0.39, 0.29) is 11.3 Å². The van der Waals surface area contributed by atoms with E-state index in [0.29, 0.717) is 0 Å². The van der Waals surface area contributed by atoms with Gasteiger partial charge in [0.05, 0.1) is 4.92 Å². The normalized spacial score (nSPS) is 10.2. The summed E-state index contributed by atoms with van der Waals surface area (Å²) < 4.78 is 0. The number of hydrogen-bond acceptors (Lipinski definition) is 5. The average molecular weight is 262 g/mol. The van der Waals surface area contributed by atoms with Gasteiger partial charge in [-0.3, -0.25) is 10.1 Å². The van der Waals surface area contributed by atoms with Crippen molar-refractivity contribution in [1.29, 1.82) is 5.26 Å². The molecule has 6 nitrogen and oxygen atoms in total. The van der Waals surface area contributed by atoms with E-state index in [4.69, 9.17) is 5.26 Å². The summed E-state index contributed by atoms with van der Waals surface area (Å²) in [7, 11) is 4.06. The second-order valence-electron chi connectivity index (χ2n) is 4.54. The lowest BCUT2D eigenvalue weighted by atomic mass is 10.1. The van der Waals surface area contributed by atoms with E-state index >= 15 is 0 Å². The van der Waals surface area contributed by atoms with Gasteiger partial charge in [-0.25, -0.2) is 0 Å². The Morgan fingerprint density at radius 3 is 2.74 bits per heavy atom. The molecule has 19 heavy (non-hydrogen) atoms. The number of hydrogen-bond donors (Lipinski definition) is 1. The predicted octanol–water partition coefficient (Wildman–Crippen LogP) is 2.22. The summed E-state index contributed by atoms with van der Waals surface area (Å²) in [6.45, 7) is 1.82. The van der Waals surface area contributed by atoms with Gasteiger partial charge in [-0.15, -0.1) is 0 Å². The first kappa shape index (κ1) is 14.9. The number of nitro benzene ring substituents is 1. The lowest BCUT2D eigenvalue weighted by Gasteiger charge is -2.10. The Kier molecular flexibility index (Phi) is 5.76. The van der Waals surface area contributed by atoms with Crippen LogP contribution in [0.25, 0.3) is 0 Å². The van der Waals surface area contributed by atoms with E-state index in [1.54, 1.807) is 6.07 Å². The van der Waals surface area contributed by atoms with Crippen LogP contribution in [-0.2, 0) is 0 Å². The van der Waals surface area contributed by atoms with Gasteiger partial charge in [0.2, 0.25) is 0 Å². The zero-order valence-corrected chi connectivity index (χ0v) is 11.2. The van der Waals surface area contributed by atoms with Crippen molar-refractivity contribution in [3.05, 3.63) is 33.9 Å². The van der Waals surface area contributed by atoms with E-state index in [1.807, 2.05) is 20.2 Å². The summed E-state index contributed by atoms with van der Waals surface area (Å²) in [5.74, 6) is 0. The van der Waals surface area contributed by atoms with Gasteiger partial charge < -0.3 is 10.2 Å². The largest absolute Gasteiger partial charge is 0.385 e. The summed E-state index contributed by atoms with van der Waals surface area (Å²) in [6, 6.07) is 6.36. The molecule has 6 heteroatoms. The molecule has 0 saturated carbocycles. The van der Waals surface area contributed by atoms with Crippen LogP contribution in [0.4, 0.5) is 11.4 Å². The van der Waals surface area contributed by atoms with Gasteiger partial charge >= 0.3 is 0 Å². The SMILES string of the molecule is CN(C)CCCCNc1ccc([N+](=O)[O-])c(C#N)c1. The molecule has 0 aliphatic carbocycles. The molecule has 1 rings (SSSR count). The molecule has 1 aromatic carbocycles. The van der Waals surface area contributed by atoms with Gasteiger partial charge in [0, 0.05) is 18.3 Å². The van der Waals surface area contributed by atoms with Gasteiger partial charge in [-0.1, -0.05) is 0 Å². The summed E-state index contributed by atoms with van der Waals surface area (Å²) >= 11 is 0. The molecule has 1 N–H and O–H groups in total. The molecule has 0 aliphatic rings. The van der Waals surface area contributed by atoms with Crippen molar-refractivity contribution in [2.24, 2.45) is 0 Å². The van der Waals surface area contributed by atoms with Crippen LogP contribution in [0.15, 0.2) is 18.2 Å². The summed E-state index contributed by atoms with van der Waals surface area (Å²) in [5, 5.41) is 22.7. The zero-order valence-electron chi connectivity index (χ0n) is 11.2. The van der Waals surface area contributed by atoms with Gasteiger partial charge in [-0.05, 0) is 45.6 Å². The van der Waals surface area contributed by atoms with Crippen molar-refractivity contribution >= 4 is 11.4 Å². The molecule has 0 fully saturated rings. The van der Waals surface area contributed by atoms with Crippen LogP contribution in [-0.4, -0.2) is 37.0 Å². The smallest absolute Gasteiger partial charge is 0.287 e. The van der Waals surface area contributed by atoms with Gasteiger partial charge in [-0.2, -0.15) is 5.26 Å². The van der Waals surface area contributed by atoms with Crippen LogP contribution < -0.4 is 5.32 Å². The Balaban J connectivity index is 2.52. The molecule has 0 bridgehead atoms. The fourth-order valence-corrected chi connectivity index (χ4v) is 1.68. The first-order chi connectivity index (χ1) is 9.04. The van der Waals surface area contributed by atoms with Gasteiger partial charge in [0.1, 0.15) is 11.6 Å². The Bertz CT molecular complexity index is 480. The third-order valence-corrected chi connectivity index (χ3v) is 2.67. The number of nitro groups is 1. The zero-order chi connectivity index (χ0) is 14.3. The molecule has 0 saturated heterocycles. The Morgan fingerprint density at radius 1 is 1.42 bits per heavy atom. The van der Waals surface area contributed by atoms with Crippen molar-refractivity contribution in [2.45, 2.75) is 12.8 Å². The number of rotatable bonds is 7. The number of nitriles is 1. The van der Waals surface area contributed by atoms with Crippen molar-refractivity contribution in [3.63, 3.8) is 0 Å². The third kappa shape index (κ3) is 4.94. The Morgan fingerprint density at radius 2 is 2.16 bits per heavy atom. The summed E-state index contributed by atoms with van der Waals surface area (Å²) in [5.41, 5.74) is 0.677. The lowest BCUT2D eigenvalue weighted by Crippen LogP contribution is -2.14. The fraction of sp³-hybridized carbons (Fsp3) is 0.462. The van der Waals surface area contributed by atoms with Crippen LogP contribution in [0.3, 0.4) is 0 Å². The van der Waals surface area contributed by atoms with Crippen molar-refractivity contribution < 1.29 is 4.92 Å². The minimum Gasteiger partial charge on any atom is -0.385 e. The van der Waals surface area contributed by atoms with Gasteiger partial charge in [0.15, 0.2) is 0 Å². The lowest BCUT2D eigenvalue weighted by molar-refractivity contribution is -0.385. The van der Waals surface area contributed by atoms with Crippen LogP contribution >= 0.6 is 0 Å². The summed E-state index contributed by atoms with van der Waals surface area (Å²) in [4.78, 5) is 12.3. The van der Waals surface area contributed by atoms with Gasteiger partial charge in [0.25, 0.3) is 5.69 Å². The van der Waals surface area contributed by atoms with Crippen molar-refractivity contribution in [3.8, 4) is 6.07 Å². The van der Waals surface area contributed by atoms with E-state index in [9.17, 15) is 10.1 Å². The molecule has 0 spiro atoms. The monoisotopic (exact) mass is 262 g/mol. The molecule has 0 aromatic heterocycles.